The summed E-state index contributed by atoms with van der Waals surface area (Å²) in [6.07, 6.45) is 0.854. The Labute approximate surface area is 98.6 Å². The molecule has 0 saturated carbocycles. The van der Waals surface area contributed by atoms with E-state index in [-0.39, 0.29) is 12.3 Å². The van der Waals surface area contributed by atoms with E-state index in [1.807, 2.05) is 6.07 Å². The van der Waals surface area contributed by atoms with Crippen LogP contribution in [0, 0.1) is 11.3 Å². The van der Waals surface area contributed by atoms with Gasteiger partial charge >= 0.3 is 5.91 Å². The van der Waals surface area contributed by atoms with Gasteiger partial charge < -0.3 is 5.32 Å². The summed E-state index contributed by atoms with van der Waals surface area (Å²) < 4.78 is 0. The van der Waals surface area contributed by atoms with Crippen LogP contribution in [0.5, 0.6) is 0 Å². The molecule has 1 heterocycles. The Morgan fingerprint density at radius 2 is 2.24 bits per heavy atom. The highest BCUT2D eigenvalue weighted by atomic mass is 16.2. The van der Waals surface area contributed by atoms with Crippen molar-refractivity contribution in [2.45, 2.75) is 12.8 Å². The van der Waals surface area contributed by atoms with Crippen LogP contribution in [0.2, 0.25) is 0 Å². The maximum Gasteiger partial charge on any atom is 0.336 e. The standard InChI is InChI=1S/C12H11N3O2/c1-14-9-3-4-10-8(6-9)2-5-11(16)15(10)12(17)7-13/h3-4,6,14H,2,5H2,1H3. The summed E-state index contributed by atoms with van der Waals surface area (Å²) in [6.45, 7) is 0. The molecule has 0 aromatic heterocycles. The summed E-state index contributed by atoms with van der Waals surface area (Å²) >= 11 is 0. The number of benzene rings is 1. The molecular weight excluding hydrogens is 218 g/mol. The van der Waals surface area contributed by atoms with E-state index in [2.05, 4.69) is 5.32 Å². The number of fused-ring (bicyclic) bond motifs is 1. The van der Waals surface area contributed by atoms with Crippen LogP contribution in [0.1, 0.15) is 12.0 Å². The Hall–Kier alpha value is -2.35. The lowest BCUT2D eigenvalue weighted by Crippen LogP contribution is -2.39. The minimum Gasteiger partial charge on any atom is -0.388 e. The summed E-state index contributed by atoms with van der Waals surface area (Å²) in [5.74, 6) is -1.14. The molecule has 0 atom stereocenters. The van der Waals surface area contributed by atoms with Crippen molar-refractivity contribution in [2.75, 3.05) is 17.3 Å². The molecule has 1 N–H and O–H groups in total. The Bertz CT molecular complexity index is 531. The highest BCUT2D eigenvalue weighted by Crippen LogP contribution is 2.30. The molecule has 0 aliphatic carbocycles. The zero-order valence-corrected chi connectivity index (χ0v) is 9.36. The van der Waals surface area contributed by atoms with Gasteiger partial charge in [-0.15, -0.1) is 0 Å². The molecule has 0 saturated heterocycles. The first-order valence-corrected chi connectivity index (χ1v) is 5.25. The fourth-order valence-corrected chi connectivity index (χ4v) is 1.92. The van der Waals surface area contributed by atoms with Gasteiger partial charge in [0.05, 0.1) is 5.69 Å². The van der Waals surface area contributed by atoms with Gasteiger partial charge in [0.25, 0.3) is 0 Å². The predicted octanol–water partition coefficient (Wildman–Crippen LogP) is 1.06. The summed E-state index contributed by atoms with van der Waals surface area (Å²) in [7, 11) is 1.80. The average Bonchev–Trinajstić information content (AvgIpc) is 2.37. The zero-order chi connectivity index (χ0) is 12.4. The third-order valence-corrected chi connectivity index (χ3v) is 2.77. The van der Waals surface area contributed by atoms with Crippen LogP contribution >= 0.6 is 0 Å². The van der Waals surface area contributed by atoms with Crippen molar-refractivity contribution in [2.24, 2.45) is 0 Å². The summed E-state index contributed by atoms with van der Waals surface area (Å²) in [5.41, 5.74) is 2.34. The van der Waals surface area contributed by atoms with Gasteiger partial charge in [0.15, 0.2) is 6.07 Å². The molecule has 5 nitrogen and oxygen atoms in total. The van der Waals surface area contributed by atoms with Gasteiger partial charge in [-0.2, -0.15) is 5.26 Å². The number of imide groups is 1. The topological polar surface area (TPSA) is 73.2 Å². The second-order valence-electron chi connectivity index (χ2n) is 3.74. The van der Waals surface area contributed by atoms with Crippen LogP contribution in [0.15, 0.2) is 18.2 Å². The van der Waals surface area contributed by atoms with Gasteiger partial charge in [-0.3, -0.25) is 9.59 Å². The molecule has 0 bridgehead atoms. The van der Waals surface area contributed by atoms with Crippen LogP contribution in [-0.2, 0) is 16.0 Å². The molecule has 1 aromatic rings. The maximum absolute atomic E-state index is 11.7. The Kier molecular flexibility index (Phi) is 2.79. The van der Waals surface area contributed by atoms with Crippen molar-refractivity contribution in [3.05, 3.63) is 23.8 Å². The Morgan fingerprint density at radius 3 is 2.88 bits per heavy atom. The van der Waals surface area contributed by atoms with Gasteiger partial charge in [-0.05, 0) is 30.2 Å². The number of hydrogen-bond acceptors (Lipinski definition) is 4. The van der Waals surface area contributed by atoms with Crippen LogP contribution in [0.4, 0.5) is 11.4 Å². The number of hydrogen-bond donors (Lipinski definition) is 1. The third kappa shape index (κ3) is 1.85. The molecule has 17 heavy (non-hydrogen) atoms. The molecule has 2 amide bonds. The number of nitrogens with zero attached hydrogens (tertiary/aromatic N) is 2. The molecule has 0 radical (unpaired) electrons. The lowest BCUT2D eigenvalue weighted by atomic mass is 10.0. The van der Waals surface area contributed by atoms with Crippen molar-refractivity contribution in [3.8, 4) is 6.07 Å². The quantitative estimate of drug-likeness (QED) is 0.731. The minimum absolute atomic E-state index is 0.258. The van der Waals surface area contributed by atoms with E-state index < -0.39 is 5.91 Å². The molecule has 1 aromatic carbocycles. The molecule has 1 aliphatic heterocycles. The number of rotatable bonds is 1. The summed E-state index contributed by atoms with van der Waals surface area (Å²) in [5, 5.41) is 11.6. The van der Waals surface area contributed by atoms with Crippen molar-refractivity contribution in [3.63, 3.8) is 0 Å². The van der Waals surface area contributed by atoms with Crippen molar-refractivity contribution >= 4 is 23.2 Å². The number of carbonyl (C=O) groups excluding carboxylic acids is 2. The molecule has 5 heteroatoms. The first-order valence-electron chi connectivity index (χ1n) is 5.25. The normalized spacial score (nSPS) is 13.9. The monoisotopic (exact) mass is 229 g/mol. The molecule has 0 spiro atoms. The second-order valence-corrected chi connectivity index (χ2v) is 3.74. The predicted molar refractivity (Wildman–Crippen MR) is 62.4 cm³/mol. The summed E-state index contributed by atoms with van der Waals surface area (Å²) in [4.78, 5) is 24.0. The van der Waals surface area contributed by atoms with Gasteiger partial charge in [0.2, 0.25) is 5.91 Å². The van der Waals surface area contributed by atoms with Gasteiger partial charge in [-0.25, -0.2) is 4.90 Å². The Balaban J connectivity index is 2.49. The lowest BCUT2D eigenvalue weighted by Gasteiger charge is -2.25. The fourth-order valence-electron chi connectivity index (χ4n) is 1.92. The van der Waals surface area contributed by atoms with Gasteiger partial charge in [0, 0.05) is 19.2 Å². The SMILES string of the molecule is CNc1ccc2c(c1)CCC(=O)N2C(=O)C#N. The van der Waals surface area contributed by atoms with Crippen molar-refractivity contribution in [1.82, 2.24) is 0 Å². The number of nitrogens with one attached hydrogen (secondary N) is 1. The van der Waals surface area contributed by atoms with E-state index >= 15 is 0 Å². The molecule has 0 unspecified atom stereocenters. The van der Waals surface area contributed by atoms with Gasteiger partial charge in [-0.1, -0.05) is 0 Å². The lowest BCUT2D eigenvalue weighted by molar-refractivity contribution is -0.124. The highest BCUT2D eigenvalue weighted by molar-refractivity contribution is 6.21. The van der Waals surface area contributed by atoms with Crippen molar-refractivity contribution in [1.29, 1.82) is 5.26 Å². The van der Waals surface area contributed by atoms with E-state index in [1.54, 1.807) is 19.2 Å². The number of amides is 2. The first-order chi connectivity index (χ1) is 8.17. The number of anilines is 2. The smallest absolute Gasteiger partial charge is 0.336 e. The molecule has 1 aliphatic rings. The van der Waals surface area contributed by atoms with E-state index in [1.165, 1.54) is 6.07 Å². The molecular formula is C12H11N3O2. The van der Waals surface area contributed by atoms with Crippen LogP contribution < -0.4 is 10.2 Å². The highest BCUT2D eigenvalue weighted by Gasteiger charge is 2.29. The molecule has 2 rings (SSSR count). The van der Waals surface area contributed by atoms with E-state index in [9.17, 15) is 9.59 Å². The fraction of sp³-hybridized carbons (Fsp3) is 0.250. The molecule has 0 fully saturated rings. The van der Waals surface area contributed by atoms with E-state index in [0.717, 1.165) is 16.2 Å². The first kappa shape index (κ1) is 11.1. The summed E-state index contributed by atoms with van der Waals surface area (Å²) in [6, 6.07) is 6.83. The van der Waals surface area contributed by atoms with E-state index in [4.69, 9.17) is 5.26 Å². The average molecular weight is 229 g/mol. The Morgan fingerprint density at radius 1 is 1.47 bits per heavy atom. The van der Waals surface area contributed by atoms with Crippen LogP contribution in [0.3, 0.4) is 0 Å². The van der Waals surface area contributed by atoms with Gasteiger partial charge in [0.1, 0.15) is 0 Å². The van der Waals surface area contributed by atoms with Crippen LogP contribution in [-0.4, -0.2) is 18.9 Å². The largest absolute Gasteiger partial charge is 0.388 e. The maximum atomic E-state index is 11.7. The molecule has 86 valence electrons. The van der Waals surface area contributed by atoms with E-state index in [0.29, 0.717) is 12.1 Å². The third-order valence-electron chi connectivity index (χ3n) is 2.77. The number of nitriles is 1. The minimum atomic E-state index is -0.826. The number of aryl methyl sites for hydroxylation is 1. The van der Waals surface area contributed by atoms with Crippen molar-refractivity contribution < 1.29 is 9.59 Å². The number of carbonyl (C=O) groups is 2. The second kappa shape index (κ2) is 4.26. The zero-order valence-electron chi connectivity index (χ0n) is 9.36. The van der Waals surface area contributed by atoms with Crippen LogP contribution in [0.25, 0.3) is 0 Å².